The number of alkyl halides is 3. The van der Waals surface area contributed by atoms with E-state index in [2.05, 4.69) is 9.97 Å². The lowest BCUT2D eigenvalue weighted by atomic mass is 9.93. The van der Waals surface area contributed by atoms with Crippen molar-refractivity contribution in [2.24, 2.45) is 4.99 Å². The Hall–Kier alpha value is -5.73. The number of furan rings is 1. The normalized spacial score (nSPS) is 14.6. The summed E-state index contributed by atoms with van der Waals surface area (Å²) in [6, 6.07) is 27.9. The molecule has 7 rings (SSSR count). The minimum atomic E-state index is -4.69. The zero-order chi connectivity index (χ0) is 36.4. The Bertz CT molecular complexity index is 2490. The van der Waals surface area contributed by atoms with Crippen LogP contribution in [0.5, 0.6) is 5.75 Å². The molecule has 0 fully saturated rings. The van der Waals surface area contributed by atoms with Crippen LogP contribution < -0.4 is 19.6 Å². The number of rotatable bonds is 9. The van der Waals surface area contributed by atoms with Crippen molar-refractivity contribution in [3.8, 4) is 17.0 Å². The molecule has 9 nitrogen and oxygen atoms in total. The molecule has 52 heavy (non-hydrogen) atoms. The molecule has 3 aromatic heterocycles. The number of ether oxygens (including phenoxy) is 2. The number of halogens is 3. The Labute approximate surface area is 302 Å². The summed E-state index contributed by atoms with van der Waals surface area (Å²) in [5.41, 5.74) is 0.911. The number of carbonyl (C=O) groups excluding carboxylic acids is 1. The van der Waals surface area contributed by atoms with Crippen LogP contribution in [0.2, 0.25) is 0 Å². The molecule has 0 saturated carbocycles. The van der Waals surface area contributed by atoms with Crippen LogP contribution in [0.15, 0.2) is 133 Å². The molecule has 262 valence electrons. The van der Waals surface area contributed by atoms with E-state index in [1.54, 1.807) is 73.7 Å². The number of aromatic nitrogens is 3. The molecule has 0 N–H and O–H groups in total. The maximum absolute atomic E-state index is 14.2. The van der Waals surface area contributed by atoms with Crippen molar-refractivity contribution < 1.29 is 31.9 Å². The van der Waals surface area contributed by atoms with Gasteiger partial charge in [0.2, 0.25) is 0 Å². The lowest BCUT2D eigenvalue weighted by molar-refractivity contribution is -0.141. The molecule has 1 atom stereocenters. The number of hydrogen-bond acceptors (Lipinski definition) is 10. The number of esters is 1. The topological polar surface area (TPSA) is 109 Å². The molecule has 14 heteroatoms. The van der Waals surface area contributed by atoms with Crippen LogP contribution in [0.4, 0.5) is 13.2 Å². The molecule has 1 aliphatic heterocycles. The molecule has 0 amide bonds. The molecule has 0 spiro atoms. The van der Waals surface area contributed by atoms with E-state index in [0.717, 1.165) is 29.2 Å². The average molecular weight is 741 g/mol. The fraction of sp³-hybridized carbons (Fsp3) is 0.132. The van der Waals surface area contributed by atoms with Gasteiger partial charge in [-0.15, -0.1) is 0 Å². The van der Waals surface area contributed by atoms with Gasteiger partial charge in [0.15, 0.2) is 15.1 Å². The summed E-state index contributed by atoms with van der Waals surface area (Å²) in [6.07, 6.45) is -3.17. The van der Waals surface area contributed by atoms with E-state index in [-0.39, 0.29) is 38.4 Å². The maximum atomic E-state index is 14.2. The number of fused-ring (bicyclic) bond motifs is 1. The summed E-state index contributed by atoms with van der Waals surface area (Å²) in [4.78, 5) is 41.2. The van der Waals surface area contributed by atoms with Gasteiger partial charge in [0.25, 0.3) is 5.56 Å². The van der Waals surface area contributed by atoms with Gasteiger partial charge in [-0.2, -0.15) is 13.2 Å². The van der Waals surface area contributed by atoms with Gasteiger partial charge in [-0.05, 0) is 54.6 Å². The lowest BCUT2D eigenvalue weighted by Crippen LogP contribution is -2.40. The molecule has 4 heterocycles. The summed E-state index contributed by atoms with van der Waals surface area (Å²) in [7, 11) is 1.53. The number of hydrogen-bond donors (Lipinski definition) is 0. The Morgan fingerprint density at radius 3 is 2.38 bits per heavy atom. The van der Waals surface area contributed by atoms with Crippen LogP contribution in [0.3, 0.4) is 0 Å². The molecule has 0 radical (unpaired) electrons. The first-order valence-electron chi connectivity index (χ1n) is 15.8. The van der Waals surface area contributed by atoms with Crippen molar-refractivity contribution in [3.63, 3.8) is 0 Å². The van der Waals surface area contributed by atoms with Gasteiger partial charge in [0.05, 0.1) is 41.3 Å². The fourth-order valence-electron chi connectivity index (χ4n) is 5.63. The van der Waals surface area contributed by atoms with Crippen molar-refractivity contribution in [1.29, 1.82) is 0 Å². The monoisotopic (exact) mass is 740 g/mol. The van der Waals surface area contributed by atoms with Gasteiger partial charge < -0.3 is 13.9 Å². The first-order valence-corrected chi connectivity index (χ1v) is 17.5. The first kappa shape index (κ1) is 34.7. The Balaban J connectivity index is 1.32. The van der Waals surface area contributed by atoms with Crippen LogP contribution in [-0.4, -0.2) is 34.2 Å². The fourth-order valence-corrected chi connectivity index (χ4v) is 7.35. The lowest BCUT2D eigenvalue weighted by Gasteiger charge is -2.26. The van der Waals surface area contributed by atoms with E-state index in [4.69, 9.17) is 18.9 Å². The highest BCUT2D eigenvalue weighted by molar-refractivity contribution is 7.99. The van der Waals surface area contributed by atoms with E-state index in [1.807, 2.05) is 30.3 Å². The van der Waals surface area contributed by atoms with E-state index in [1.165, 1.54) is 17.8 Å². The summed E-state index contributed by atoms with van der Waals surface area (Å²) >= 11 is 1.92. The first-order chi connectivity index (χ1) is 25.1. The molecule has 6 aromatic rings. The van der Waals surface area contributed by atoms with Crippen molar-refractivity contribution in [1.82, 2.24) is 14.5 Å². The van der Waals surface area contributed by atoms with Gasteiger partial charge in [-0.3, -0.25) is 9.36 Å². The third-order valence-corrected chi connectivity index (χ3v) is 9.68. The highest BCUT2D eigenvalue weighted by Gasteiger charge is 2.36. The second-order valence-electron chi connectivity index (χ2n) is 11.3. The Kier molecular flexibility index (Phi) is 9.67. The number of thiazole rings is 1. The number of methoxy groups -OCH3 is 1. The smallest absolute Gasteiger partial charge is 0.433 e. The molecule has 3 aromatic carbocycles. The van der Waals surface area contributed by atoms with Gasteiger partial charge in [0.1, 0.15) is 17.2 Å². The minimum Gasteiger partial charge on any atom is -0.497 e. The summed E-state index contributed by atoms with van der Waals surface area (Å²) in [6.45, 7) is 1.81. The largest absolute Gasteiger partial charge is 0.497 e. The SMILES string of the molecule is CCOC(=O)C1=C(c2ccccc2)N=c2s/c(=C/c3ccc(Sc4nc(-c5ccccc5)cc(C(F)(F)F)n4)o3)c(=O)n2[C@@H]1c1cccc(OC)c1. The molecule has 0 saturated heterocycles. The zero-order valence-electron chi connectivity index (χ0n) is 27.5. The number of benzene rings is 3. The molecule has 0 aliphatic carbocycles. The van der Waals surface area contributed by atoms with E-state index in [0.29, 0.717) is 32.9 Å². The van der Waals surface area contributed by atoms with Crippen LogP contribution in [0, 0.1) is 0 Å². The van der Waals surface area contributed by atoms with Crippen LogP contribution >= 0.6 is 23.1 Å². The van der Waals surface area contributed by atoms with Gasteiger partial charge >= 0.3 is 12.1 Å². The van der Waals surface area contributed by atoms with E-state index < -0.39 is 29.4 Å². The standard InChI is InChI=1S/C38H27F3N4O5S2/c1-3-49-35(47)31-32(23-13-8-5-9-14-23)44-37-45(33(31)24-15-10-16-25(19-24)48-2)34(46)28(51-37)20-26-17-18-30(50-26)52-36-42-27(22-11-6-4-7-12-22)21-29(43-36)38(39,40)41/h4-21,33H,3H2,1-2H3/b28-20+/t33-/m1/s1. The van der Waals surface area contributed by atoms with Crippen LogP contribution in [0.1, 0.15) is 35.5 Å². The van der Waals surface area contributed by atoms with Gasteiger partial charge in [0, 0.05) is 17.2 Å². The van der Waals surface area contributed by atoms with E-state index in [9.17, 15) is 22.8 Å². The van der Waals surface area contributed by atoms with Crippen molar-refractivity contribution in [3.05, 3.63) is 151 Å². The second kappa shape index (κ2) is 14.5. The molecule has 1 aliphatic rings. The van der Waals surface area contributed by atoms with Crippen molar-refractivity contribution >= 4 is 40.8 Å². The third-order valence-electron chi connectivity index (χ3n) is 7.92. The van der Waals surface area contributed by atoms with Crippen LogP contribution in [-0.2, 0) is 15.7 Å². The van der Waals surface area contributed by atoms with Crippen molar-refractivity contribution in [2.45, 2.75) is 29.4 Å². The second-order valence-corrected chi connectivity index (χ2v) is 13.2. The minimum absolute atomic E-state index is 0.109. The van der Waals surface area contributed by atoms with Crippen LogP contribution in [0.25, 0.3) is 23.0 Å². The van der Waals surface area contributed by atoms with Gasteiger partial charge in [-0.25, -0.2) is 19.8 Å². The Morgan fingerprint density at radius 1 is 0.962 bits per heavy atom. The average Bonchev–Trinajstić information content (AvgIpc) is 3.73. The molecule has 0 bridgehead atoms. The van der Waals surface area contributed by atoms with E-state index >= 15 is 0 Å². The zero-order valence-corrected chi connectivity index (χ0v) is 29.1. The highest BCUT2D eigenvalue weighted by atomic mass is 32.2. The van der Waals surface area contributed by atoms with Gasteiger partial charge in [-0.1, -0.05) is 84.1 Å². The predicted molar refractivity (Wildman–Crippen MR) is 189 cm³/mol. The van der Waals surface area contributed by atoms with Crippen molar-refractivity contribution in [2.75, 3.05) is 13.7 Å². The Morgan fingerprint density at radius 2 is 1.69 bits per heavy atom. The highest BCUT2D eigenvalue weighted by Crippen LogP contribution is 2.37. The predicted octanol–water partition coefficient (Wildman–Crippen LogP) is 7.16. The molecular formula is C38H27F3N4O5S2. The summed E-state index contributed by atoms with van der Waals surface area (Å²) in [5, 5.41) is 0.0507. The molecule has 0 unspecified atom stereocenters. The summed E-state index contributed by atoms with van der Waals surface area (Å²) < 4.78 is 60.0. The third kappa shape index (κ3) is 7.07. The molecular weight excluding hydrogens is 714 g/mol. The number of nitrogens with zero attached hydrogens (tertiary/aromatic N) is 4. The quantitative estimate of drug-likeness (QED) is 0.114. The summed E-state index contributed by atoms with van der Waals surface area (Å²) in [5.74, 6) is 0.170. The number of carbonyl (C=O) groups is 1. The maximum Gasteiger partial charge on any atom is 0.433 e.